The molecular formula is C26H21FN4O4S. The third-order valence-electron chi connectivity index (χ3n) is 5.22. The number of halogens is 1. The number of hydrogen-bond acceptors (Lipinski definition) is 5. The summed E-state index contributed by atoms with van der Waals surface area (Å²) in [4.78, 5) is 12.9. The van der Waals surface area contributed by atoms with E-state index in [1.807, 2.05) is 0 Å². The number of nitrogen functional groups attached to an aromatic ring is 1. The highest BCUT2D eigenvalue weighted by Gasteiger charge is 2.16. The fourth-order valence-corrected chi connectivity index (χ4v) is 4.25. The van der Waals surface area contributed by atoms with Gasteiger partial charge in [-0.15, -0.1) is 0 Å². The van der Waals surface area contributed by atoms with Gasteiger partial charge in [0.15, 0.2) is 5.75 Å². The molecule has 0 aliphatic carbocycles. The van der Waals surface area contributed by atoms with E-state index in [9.17, 15) is 17.6 Å². The average molecular weight is 505 g/mol. The van der Waals surface area contributed by atoms with E-state index in [1.54, 1.807) is 48.5 Å². The lowest BCUT2D eigenvalue weighted by Crippen LogP contribution is -2.14. The molecule has 1 amide bonds. The summed E-state index contributed by atoms with van der Waals surface area (Å²) >= 11 is 0. The maximum Gasteiger partial charge on any atom is 0.255 e. The van der Waals surface area contributed by atoms with Gasteiger partial charge in [-0.25, -0.2) is 17.9 Å². The number of nitrogens with two attached hydrogens (primary N) is 2. The Hall–Kier alpha value is -4.54. The van der Waals surface area contributed by atoms with Gasteiger partial charge in [0.05, 0.1) is 10.6 Å². The Bertz CT molecular complexity index is 1570. The molecular weight excluding hydrogens is 483 g/mol. The molecule has 36 heavy (non-hydrogen) atoms. The molecule has 4 aromatic rings. The number of nitrogens with one attached hydrogen (secondary N) is 2. The summed E-state index contributed by atoms with van der Waals surface area (Å²) in [6.45, 7) is 0. The molecule has 0 atom stereocenters. The number of hydrogen-bond donors (Lipinski definition) is 4. The first-order valence-corrected chi connectivity index (χ1v) is 12.1. The number of primary sulfonamides is 1. The van der Waals surface area contributed by atoms with E-state index < -0.39 is 21.7 Å². The van der Waals surface area contributed by atoms with Crippen molar-refractivity contribution in [2.45, 2.75) is 4.90 Å². The minimum atomic E-state index is -3.93. The van der Waals surface area contributed by atoms with E-state index in [1.165, 1.54) is 36.4 Å². The Morgan fingerprint density at radius 3 is 2.31 bits per heavy atom. The number of anilines is 1. The molecule has 0 saturated carbocycles. The van der Waals surface area contributed by atoms with Gasteiger partial charge in [-0.2, -0.15) is 0 Å². The predicted molar refractivity (Wildman–Crippen MR) is 135 cm³/mol. The molecule has 0 aromatic heterocycles. The first-order valence-electron chi connectivity index (χ1n) is 10.6. The summed E-state index contributed by atoms with van der Waals surface area (Å²) < 4.78 is 43.5. The smallest absolute Gasteiger partial charge is 0.255 e. The Balaban J connectivity index is 1.58. The zero-order chi connectivity index (χ0) is 25.9. The maximum atomic E-state index is 13.9. The van der Waals surface area contributed by atoms with Crippen LogP contribution in [0, 0.1) is 11.2 Å². The standard InChI is InChI=1S/C26H21FN4O4S/c27-19-12-13-22(23(15-19)35-20-5-3-4-18(14-20)25(28)29)31-26(32)17-10-8-16(9-11-17)21-6-1-2-7-24(21)36(30,33)34/h1-15H,(H3,28,29)(H,31,32)(H2,30,33,34). The van der Waals surface area contributed by atoms with Gasteiger partial charge in [0.2, 0.25) is 10.0 Å². The zero-order valence-electron chi connectivity index (χ0n) is 18.7. The second-order valence-corrected chi connectivity index (χ2v) is 9.29. The predicted octanol–water partition coefficient (Wildman–Crippen LogP) is 4.47. The highest BCUT2D eigenvalue weighted by molar-refractivity contribution is 7.89. The monoisotopic (exact) mass is 504 g/mol. The minimum absolute atomic E-state index is 0.0239. The van der Waals surface area contributed by atoms with E-state index in [0.717, 1.165) is 6.07 Å². The Morgan fingerprint density at radius 1 is 0.889 bits per heavy atom. The van der Waals surface area contributed by atoms with Crippen molar-refractivity contribution in [3.63, 3.8) is 0 Å². The maximum absolute atomic E-state index is 13.9. The Labute approximate surface area is 206 Å². The third kappa shape index (κ3) is 5.57. The molecule has 4 aromatic carbocycles. The normalized spacial score (nSPS) is 11.1. The lowest BCUT2D eigenvalue weighted by Gasteiger charge is -2.14. The summed E-state index contributed by atoms with van der Waals surface area (Å²) in [6.07, 6.45) is 0. The number of sulfonamides is 1. The highest BCUT2D eigenvalue weighted by atomic mass is 32.2. The largest absolute Gasteiger partial charge is 0.455 e. The molecule has 0 spiro atoms. The molecule has 8 nitrogen and oxygen atoms in total. The van der Waals surface area contributed by atoms with Crippen molar-refractivity contribution in [3.8, 4) is 22.6 Å². The van der Waals surface area contributed by atoms with E-state index in [0.29, 0.717) is 22.4 Å². The van der Waals surface area contributed by atoms with E-state index in [2.05, 4.69) is 5.32 Å². The van der Waals surface area contributed by atoms with Crippen molar-refractivity contribution in [1.82, 2.24) is 0 Å². The summed E-state index contributed by atoms with van der Waals surface area (Å²) in [5, 5.41) is 15.6. The van der Waals surface area contributed by atoms with Gasteiger partial charge < -0.3 is 15.8 Å². The first kappa shape index (κ1) is 24.6. The highest BCUT2D eigenvalue weighted by Crippen LogP contribution is 2.32. The van der Waals surface area contributed by atoms with Gasteiger partial charge in [-0.1, -0.05) is 42.5 Å². The molecule has 4 rings (SSSR count). The van der Waals surface area contributed by atoms with Crippen LogP contribution < -0.4 is 20.9 Å². The minimum Gasteiger partial charge on any atom is -0.455 e. The van der Waals surface area contributed by atoms with Crippen LogP contribution in [0.15, 0.2) is 95.9 Å². The van der Waals surface area contributed by atoms with Crippen LogP contribution in [0.2, 0.25) is 0 Å². The van der Waals surface area contributed by atoms with Crippen LogP contribution in [0.25, 0.3) is 11.1 Å². The zero-order valence-corrected chi connectivity index (χ0v) is 19.6. The lowest BCUT2D eigenvalue weighted by molar-refractivity contribution is 0.102. The van der Waals surface area contributed by atoms with E-state index >= 15 is 0 Å². The molecule has 0 saturated heterocycles. The molecule has 0 fully saturated rings. The molecule has 0 aliphatic rings. The summed E-state index contributed by atoms with van der Waals surface area (Å²) in [5.41, 5.74) is 7.41. The van der Waals surface area contributed by atoms with Crippen LogP contribution in [0.5, 0.6) is 11.5 Å². The molecule has 0 radical (unpaired) electrons. The fraction of sp³-hybridized carbons (Fsp3) is 0. The van der Waals surface area contributed by atoms with Crippen LogP contribution in [-0.4, -0.2) is 20.2 Å². The molecule has 6 N–H and O–H groups in total. The Kier molecular flexibility index (Phi) is 6.82. The molecule has 0 heterocycles. The van der Waals surface area contributed by atoms with Crippen molar-refractivity contribution in [3.05, 3.63) is 108 Å². The van der Waals surface area contributed by atoms with Crippen molar-refractivity contribution in [2.75, 3.05) is 5.32 Å². The number of amidine groups is 1. The van der Waals surface area contributed by atoms with Crippen LogP contribution in [0.1, 0.15) is 15.9 Å². The number of carbonyl (C=O) groups is 1. The van der Waals surface area contributed by atoms with Gasteiger partial charge in [-0.05, 0) is 48.0 Å². The van der Waals surface area contributed by atoms with Gasteiger partial charge in [-0.3, -0.25) is 10.2 Å². The van der Waals surface area contributed by atoms with Gasteiger partial charge in [0.25, 0.3) is 5.91 Å². The van der Waals surface area contributed by atoms with Crippen LogP contribution in [0.3, 0.4) is 0 Å². The van der Waals surface area contributed by atoms with Crippen molar-refractivity contribution in [1.29, 1.82) is 5.41 Å². The van der Waals surface area contributed by atoms with Crippen molar-refractivity contribution >= 4 is 27.5 Å². The summed E-state index contributed by atoms with van der Waals surface area (Å²) in [7, 11) is -3.93. The van der Waals surface area contributed by atoms with Gasteiger partial charge in [0, 0.05) is 22.8 Å². The van der Waals surface area contributed by atoms with Crippen LogP contribution in [0.4, 0.5) is 10.1 Å². The van der Waals surface area contributed by atoms with E-state index in [4.69, 9.17) is 21.0 Å². The second-order valence-electron chi connectivity index (χ2n) is 7.76. The quantitative estimate of drug-likeness (QED) is 0.216. The third-order valence-corrected chi connectivity index (χ3v) is 6.19. The second kappa shape index (κ2) is 9.98. The van der Waals surface area contributed by atoms with Crippen molar-refractivity contribution < 1.29 is 22.3 Å². The Morgan fingerprint density at radius 2 is 1.61 bits per heavy atom. The number of benzene rings is 4. The van der Waals surface area contributed by atoms with Crippen LogP contribution >= 0.6 is 0 Å². The van der Waals surface area contributed by atoms with Gasteiger partial charge in [0.1, 0.15) is 17.4 Å². The van der Waals surface area contributed by atoms with Crippen molar-refractivity contribution in [2.24, 2.45) is 10.9 Å². The average Bonchev–Trinajstić information content (AvgIpc) is 2.85. The number of carbonyl (C=O) groups excluding carboxylic acids is 1. The summed E-state index contributed by atoms with van der Waals surface area (Å²) in [5.74, 6) is -0.841. The number of amides is 1. The van der Waals surface area contributed by atoms with Crippen LogP contribution in [-0.2, 0) is 10.0 Å². The first-order chi connectivity index (χ1) is 17.1. The molecule has 182 valence electrons. The number of rotatable bonds is 7. The van der Waals surface area contributed by atoms with Gasteiger partial charge >= 0.3 is 0 Å². The molecule has 10 heteroatoms. The topological polar surface area (TPSA) is 148 Å². The lowest BCUT2D eigenvalue weighted by atomic mass is 10.0. The SMILES string of the molecule is N=C(N)c1cccc(Oc2cc(F)ccc2NC(=O)c2ccc(-c3ccccc3S(N)(=O)=O)cc2)c1. The fourth-order valence-electron chi connectivity index (χ4n) is 3.49. The van der Waals surface area contributed by atoms with E-state index in [-0.39, 0.29) is 27.7 Å². The molecule has 0 aliphatic heterocycles. The number of ether oxygens (including phenoxy) is 1. The summed E-state index contributed by atoms with van der Waals surface area (Å²) in [6, 6.07) is 22.7. The molecule has 0 bridgehead atoms. The molecule has 0 unspecified atom stereocenters.